The highest BCUT2D eigenvalue weighted by Crippen LogP contribution is 2.15. The number of hydrogen-bond donors (Lipinski definition) is 2. The Morgan fingerprint density at radius 1 is 1.38 bits per heavy atom. The van der Waals surface area contributed by atoms with E-state index in [1.165, 1.54) is 0 Å². The number of pyridine rings is 1. The van der Waals surface area contributed by atoms with Crippen molar-refractivity contribution in [2.45, 2.75) is 46.1 Å². The molecular weight excluding hydrogens is 266 g/mol. The summed E-state index contributed by atoms with van der Waals surface area (Å²) in [5.41, 5.74) is 0.615. The Hall–Kier alpha value is -1.62. The van der Waals surface area contributed by atoms with Crippen LogP contribution < -0.4 is 5.32 Å². The van der Waals surface area contributed by atoms with Crippen molar-refractivity contribution in [1.82, 2.24) is 9.88 Å². The van der Waals surface area contributed by atoms with Crippen LogP contribution in [0.4, 0.5) is 5.82 Å². The minimum absolute atomic E-state index is 0.0196. The van der Waals surface area contributed by atoms with E-state index in [9.17, 15) is 9.90 Å². The van der Waals surface area contributed by atoms with Crippen LogP contribution in [0.15, 0.2) is 18.3 Å². The van der Waals surface area contributed by atoms with Crippen molar-refractivity contribution < 1.29 is 9.90 Å². The Morgan fingerprint density at radius 3 is 2.67 bits per heavy atom. The molecule has 0 aliphatic carbocycles. The van der Waals surface area contributed by atoms with E-state index in [4.69, 9.17) is 0 Å². The summed E-state index contributed by atoms with van der Waals surface area (Å²) in [6, 6.07) is 3.67. The van der Waals surface area contributed by atoms with Gasteiger partial charge in [0.2, 0.25) is 0 Å². The predicted molar refractivity (Wildman–Crippen MR) is 85.5 cm³/mol. The lowest BCUT2D eigenvalue weighted by atomic mass is 10.1. The summed E-state index contributed by atoms with van der Waals surface area (Å²) < 4.78 is 0. The van der Waals surface area contributed by atoms with Gasteiger partial charge in [0.1, 0.15) is 5.82 Å². The second kappa shape index (κ2) is 9.34. The molecule has 118 valence electrons. The number of carbonyl (C=O) groups is 1. The maximum absolute atomic E-state index is 12.7. The molecule has 0 bridgehead atoms. The van der Waals surface area contributed by atoms with Crippen LogP contribution in [0.1, 0.15) is 50.4 Å². The average Bonchev–Trinajstić information content (AvgIpc) is 2.52. The molecule has 0 radical (unpaired) electrons. The monoisotopic (exact) mass is 293 g/mol. The largest absolute Gasteiger partial charge is 0.395 e. The minimum atomic E-state index is -0.0419. The fraction of sp³-hybridized carbons (Fsp3) is 0.625. The molecule has 0 aliphatic rings. The molecule has 1 aromatic rings. The lowest BCUT2D eigenvalue weighted by Gasteiger charge is -2.30. The molecule has 0 unspecified atom stereocenters. The fourth-order valence-electron chi connectivity index (χ4n) is 2.37. The number of aromatic nitrogens is 1. The van der Waals surface area contributed by atoms with E-state index in [-0.39, 0.29) is 18.6 Å². The van der Waals surface area contributed by atoms with Gasteiger partial charge in [0, 0.05) is 30.9 Å². The number of aliphatic hydroxyl groups excluding tert-OH is 1. The van der Waals surface area contributed by atoms with E-state index in [1.807, 2.05) is 0 Å². The van der Waals surface area contributed by atoms with Crippen molar-refractivity contribution in [3.8, 4) is 0 Å². The molecule has 0 aliphatic heterocycles. The van der Waals surface area contributed by atoms with E-state index >= 15 is 0 Å². The zero-order valence-electron chi connectivity index (χ0n) is 13.3. The van der Waals surface area contributed by atoms with Crippen LogP contribution in [0, 0.1) is 0 Å². The highest BCUT2D eigenvalue weighted by molar-refractivity contribution is 5.95. The first-order chi connectivity index (χ1) is 10.2. The lowest BCUT2D eigenvalue weighted by Crippen LogP contribution is -2.41. The molecule has 0 aromatic carbocycles. The van der Waals surface area contributed by atoms with Gasteiger partial charge in [-0.3, -0.25) is 4.79 Å². The molecule has 2 N–H and O–H groups in total. The molecule has 21 heavy (non-hydrogen) atoms. The molecule has 0 saturated carbocycles. The Labute approximate surface area is 127 Å². The van der Waals surface area contributed by atoms with Gasteiger partial charge >= 0.3 is 0 Å². The van der Waals surface area contributed by atoms with E-state index in [0.717, 1.165) is 31.6 Å². The molecule has 1 aromatic heterocycles. The molecule has 0 spiro atoms. The quantitative estimate of drug-likeness (QED) is 0.734. The Balaban J connectivity index is 2.92. The maximum Gasteiger partial charge on any atom is 0.254 e. The summed E-state index contributed by atoms with van der Waals surface area (Å²) in [6.07, 6.45) is 4.42. The first-order valence-electron chi connectivity index (χ1n) is 7.79. The van der Waals surface area contributed by atoms with Crippen LogP contribution in [0.25, 0.3) is 0 Å². The average molecular weight is 293 g/mol. The van der Waals surface area contributed by atoms with Crippen molar-refractivity contribution in [3.05, 3.63) is 23.9 Å². The van der Waals surface area contributed by atoms with E-state index in [2.05, 4.69) is 31.1 Å². The fourth-order valence-corrected chi connectivity index (χ4v) is 2.37. The number of carbonyl (C=O) groups excluding carboxylic acids is 1. The van der Waals surface area contributed by atoms with Crippen LogP contribution in [-0.4, -0.2) is 46.6 Å². The Morgan fingerprint density at radius 2 is 2.10 bits per heavy atom. The maximum atomic E-state index is 12.7. The van der Waals surface area contributed by atoms with Crippen LogP contribution >= 0.6 is 0 Å². The number of amides is 1. The number of aliphatic hydroxyl groups is 1. The van der Waals surface area contributed by atoms with Gasteiger partial charge in [0.05, 0.1) is 6.61 Å². The van der Waals surface area contributed by atoms with Crippen LogP contribution in [0.2, 0.25) is 0 Å². The molecule has 1 amide bonds. The number of hydrogen-bond acceptors (Lipinski definition) is 4. The van der Waals surface area contributed by atoms with Crippen molar-refractivity contribution in [3.63, 3.8) is 0 Å². The summed E-state index contributed by atoms with van der Waals surface area (Å²) in [7, 11) is 0. The van der Waals surface area contributed by atoms with Crippen molar-refractivity contribution in [2.75, 3.05) is 25.0 Å². The van der Waals surface area contributed by atoms with Gasteiger partial charge in [-0.15, -0.1) is 0 Å². The second-order valence-corrected chi connectivity index (χ2v) is 5.05. The highest BCUT2D eigenvalue weighted by atomic mass is 16.3. The summed E-state index contributed by atoms with van der Waals surface area (Å²) in [6.45, 7) is 7.38. The van der Waals surface area contributed by atoms with Gasteiger partial charge in [-0.2, -0.15) is 0 Å². The van der Waals surface area contributed by atoms with Gasteiger partial charge < -0.3 is 15.3 Å². The van der Waals surface area contributed by atoms with Gasteiger partial charge in [0.15, 0.2) is 0 Å². The number of anilines is 1. The van der Waals surface area contributed by atoms with E-state index in [1.54, 1.807) is 23.2 Å². The topological polar surface area (TPSA) is 65.5 Å². The summed E-state index contributed by atoms with van der Waals surface area (Å²) in [5, 5.41) is 12.4. The number of rotatable bonds is 9. The molecular formula is C16H27N3O2. The number of nitrogens with one attached hydrogen (secondary N) is 1. The highest BCUT2D eigenvalue weighted by Gasteiger charge is 2.22. The smallest absolute Gasteiger partial charge is 0.254 e. The SMILES string of the molecule is CCCNc1cc(C(=O)N(CCO)C(CC)CC)ccn1. The predicted octanol–water partition coefficient (Wildman–Crippen LogP) is 2.53. The number of nitrogens with zero attached hydrogens (tertiary/aromatic N) is 2. The summed E-state index contributed by atoms with van der Waals surface area (Å²) >= 11 is 0. The van der Waals surface area contributed by atoms with E-state index < -0.39 is 0 Å². The van der Waals surface area contributed by atoms with Crippen LogP contribution in [0.3, 0.4) is 0 Å². The van der Waals surface area contributed by atoms with Gasteiger partial charge in [0.25, 0.3) is 5.91 Å². The van der Waals surface area contributed by atoms with Crippen molar-refractivity contribution >= 4 is 11.7 Å². The molecule has 5 heteroatoms. The summed E-state index contributed by atoms with van der Waals surface area (Å²) in [5.74, 6) is 0.677. The molecule has 5 nitrogen and oxygen atoms in total. The lowest BCUT2D eigenvalue weighted by molar-refractivity contribution is 0.0622. The molecule has 0 saturated heterocycles. The standard InChI is InChI=1S/C16H27N3O2/c1-4-8-17-15-12-13(7-9-18-15)16(21)19(10-11-20)14(5-2)6-3/h7,9,12,14,20H,4-6,8,10-11H2,1-3H3,(H,17,18). The van der Waals surface area contributed by atoms with Gasteiger partial charge in [-0.25, -0.2) is 4.98 Å². The van der Waals surface area contributed by atoms with Crippen molar-refractivity contribution in [2.24, 2.45) is 0 Å². The van der Waals surface area contributed by atoms with Crippen LogP contribution in [0.5, 0.6) is 0 Å². The third-order valence-corrected chi connectivity index (χ3v) is 3.55. The molecule has 0 fully saturated rings. The first-order valence-corrected chi connectivity index (χ1v) is 7.79. The van der Waals surface area contributed by atoms with Gasteiger partial charge in [-0.1, -0.05) is 20.8 Å². The third-order valence-electron chi connectivity index (χ3n) is 3.55. The molecule has 1 rings (SSSR count). The zero-order chi connectivity index (χ0) is 15.7. The molecule has 0 atom stereocenters. The minimum Gasteiger partial charge on any atom is -0.395 e. The first kappa shape index (κ1) is 17.4. The Kier molecular flexibility index (Phi) is 7.75. The van der Waals surface area contributed by atoms with Crippen molar-refractivity contribution in [1.29, 1.82) is 0 Å². The van der Waals surface area contributed by atoms with E-state index in [0.29, 0.717) is 12.1 Å². The third kappa shape index (κ3) is 5.01. The molecule has 1 heterocycles. The summed E-state index contributed by atoms with van der Waals surface area (Å²) in [4.78, 5) is 18.7. The zero-order valence-corrected chi connectivity index (χ0v) is 13.3. The normalized spacial score (nSPS) is 10.7. The Bertz CT molecular complexity index is 433. The van der Waals surface area contributed by atoms with Gasteiger partial charge in [-0.05, 0) is 31.4 Å². The second-order valence-electron chi connectivity index (χ2n) is 5.05. The van der Waals surface area contributed by atoms with Crippen LogP contribution in [-0.2, 0) is 0 Å².